The highest BCUT2D eigenvalue weighted by molar-refractivity contribution is 9.10. The lowest BCUT2D eigenvalue weighted by Crippen LogP contribution is -2.25. The van der Waals surface area contributed by atoms with Crippen LogP contribution >= 0.6 is 15.9 Å². The first-order chi connectivity index (χ1) is 8.58. The standard InChI is InChI=1S/C14H12BrNO2/c1-16(12-6-8-13(17)9-7-12)14(18)10-2-4-11(15)5-3-10/h2-9,17H,1H3. The van der Waals surface area contributed by atoms with Crippen molar-refractivity contribution in [3.8, 4) is 5.75 Å². The van der Waals surface area contributed by atoms with Crippen molar-refractivity contribution in [1.29, 1.82) is 0 Å². The van der Waals surface area contributed by atoms with Gasteiger partial charge in [-0.1, -0.05) is 15.9 Å². The molecule has 0 saturated carbocycles. The molecule has 0 atom stereocenters. The largest absolute Gasteiger partial charge is 0.508 e. The van der Waals surface area contributed by atoms with Crippen molar-refractivity contribution in [2.24, 2.45) is 0 Å². The van der Waals surface area contributed by atoms with Crippen molar-refractivity contribution < 1.29 is 9.90 Å². The van der Waals surface area contributed by atoms with Crippen molar-refractivity contribution in [2.75, 3.05) is 11.9 Å². The summed E-state index contributed by atoms with van der Waals surface area (Å²) in [6, 6.07) is 13.7. The molecule has 1 amide bonds. The highest BCUT2D eigenvalue weighted by atomic mass is 79.9. The fraction of sp³-hybridized carbons (Fsp3) is 0.0714. The molecule has 0 spiro atoms. The quantitative estimate of drug-likeness (QED) is 0.923. The lowest BCUT2D eigenvalue weighted by atomic mass is 10.2. The number of carbonyl (C=O) groups excluding carboxylic acids is 1. The Hall–Kier alpha value is -1.81. The minimum atomic E-state index is -0.0896. The van der Waals surface area contributed by atoms with E-state index in [1.54, 1.807) is 48.3 Å². The van der Waals surface area contributed by atoms with Gasteiger partial charge in [0.1, 0.15) is 5.75 Å². The molecule has 0 aliphatic carbocycles. The average molecular weight is 306 g/mol. The number of nitrogens with zero attached hydrogens (tertiary/aromatic N) is 1. The molecule has 92 valence electrons. The molecule has 1 N–H and O–H groups in total. The van der Waals surface area contributed by atoms with Gasteiger partial charge >= 0.3 is 0 Å². The van der Waals surface area contributed by atoms with Crippen molar-refractivity contribution in [1.82, 2.24) is 0 Å². The summed E-state index contributed by atoms with van der Waals surface area (Å²) in [7, 11) is 1.71. The van der Waals surface area contributed by atoms with Crippen LogP contribution in [0.4, 0.5) is 5.69 Å². The van der Waals surface area contributed by atoms with E-state index in [4.69, 9.17) is 0 Å². The third-order valence-electron chi connectivity index (χ3n) is 2.63. The van der Waals surface area contributed by atoms with Crippen LogP contribution in [0.2, 0.25) is 0 Å². The van der Waals surface area contributed by atoms with Gasteiger partial charge in [0.25, 0.3) is 5.91 Å². The van der Waals surface area contributed by atoms with E-state index in [1.807, 2.05) is 12.1 Å². The normalized spacial score (nSPS) is 10.1. The van der Waals surface area contributed by atoms with E-state index in [0.717, 1.165) is 10.2 Å². The zero-order chi connectivity index (χ0) is 13.1. The fourth-order valence-corrected chi connectivity index (χ4v) is 1.84. The number of phenols is 1. The molecular weight excluding hydrogens is 294 g/mol. The molecule has 0 unspecified atom stereocenters. The highest BCUT2D eigenvalue weighted by Crippen LogP contribution is 2.19. The Morgan fingerprint density at radius 3 is 2.17 bits per heavy atom. The number of aromatic hydroxyl groups is 1. The Labute approximate surface area is 114 Å². The molecule has 0 aliphatic rings. The van der Waals surface area contributed by atoms with Crippen molar-refractivity contribution in [3.63, 3.8) is 0 Å². The van der Waals surface area contributed by atoms with Crippen LogP contribution in [0.1, 0.15) is 10.4 Å². The number of carbonyl (C=O) groups is 1. The summed E-state index contributed by atoms with van der Waals surface area (Å²) in [5.74, 6) is 0.0939. The second-order valence-corrected chi connectivity index (χ2v) is 4.80. The number of rotatable bonds is 2. The number of phenolic OH excluding ortho intramolecular Hbond substituents is 1. The van der Waals surface area contributed by atoms with Gasteiger partial charge in [0, 0.05) is 22.8 Å². The SMILES string of the molecule is CN(C(=O)c1ccc(Br)cc1)c1ccc(O)cc1. The van der Waals surface area contributed by atoms with E-state index in [-0.39, 0.29) is 11.7 Å². The summed E-state index contributed by atoms with van der Waals surface area (Å²) < 4.78 is 0.936. The Morgan fingerprint density at radius 2 is 1.61 bits per heavy atom. The van der Waals surface area contributed by atoms with E-state index in [0.29, 0.717) is 5.56 Å². The Kier molecular flexibility index (Phi) is 3.67. The summed E-state index contributed by atoms with van der Waals surface area (Å²) in [4.78, 5) is 13.7. The first-order valence-electron chi connectivity index (χ1n) is 5.40. The predicted molar refractivity (Wildman–Crippen MR) is 75.0 cm³/mol. The van der Waals surface area contributed by atoms with E-state index in [1.165, 1.54) is 0 Å². The minimum absolute atomic E-state index is 0.0896. The minimum Gasteiger partial charge on any atom is -0.508 e. The number of hydrogen-bond acceptors (Lipinski definition) is 2. The molecule has 4 heteroatoms. The molecule has 2 rings (SSSR count). The molecule has 0 aliphatic heterocycles. The third-order valence-corrected chi connectivity index (χ3v) is 3.16. The topological polar surface area (TPSA) is 40.5 Å². The summed E-state index contributed by atoms with van der Waals surface area (Å²) in [6.45, 7) is 0. The van der Waals surface area contributed by atoms with Gasteiger partial charge < -0.3 is 10.0 Å². The average Bonchev–Trinajstić information content (AvgIpc) is 2.39. The lowest BCUT2D eigenvalue weighted by Gasteiger charge is -2.17. The molecule has 18 heavy (non-hydrogen) atoms. The van der Waals surface area contributed by atoms with Crippen molar-refractivity contribution in [3.05, 3.63) is 58.6 Å². The summed E-state index contributed by atoms with van der Waals surface area (Å²) >= 11 is 3.33. The van der Waals surface area contributed by atoms with Gasteiger partial charge in [-0.05, 0) is 48.5 Å². The van der Waals surface area contributed by atoms with Crippen LogP contribution in [-0.4, -0.2) is 18.1 Å². The van der Waals surface area contributed by atoms with E-state index < -0.39 is 0 Å². The van der Waals surface area contributed by atoms with Gasteiger partial charge in [-0.15, -0.1) is 0 Å². The van der Waals surface area contributed by atoms with Crippen molar-refractivity contribution >= 4 is 27.5 Å². The van der Waals surface area contributed by atoms with E-state index >= 15 is 0 Å². The predicted octanol–water partition coefficient (Wildman–Crippen LogP) is 3.43. The number of anilines is 1. The van der Waals surface area contributed by atoms with Gasteiger partial charge in [-0.2, -0.15) is 0 Å². The van der Waals surface area contributed by atoms with Crippen LogP contribution in [0.5, 0.6) is 5.75 Å². The fourth-order valence-electron chi connectivity index (χ4n) is 1.58. The van der Waals surface area contributed by atoms with Crippen LogP contribution in [0.3, 0.4) is 0 Å². The molecule has 2 aromatic rings. The van der Waals surface area contributed by atoms with Crippen LogP contribution < -0.4 is 4.90 Å². The molecule has 3 nitrogen and oxygen atoms in total. The second-order valence-electron chi connectivity index (χ2n) is 3.89. The number of benzene rings is 2. The number of hydrogen-bond donors (Lipinski definition) is 1. The monoisotopic (exact) mass is 305 g/mol. The Bertz CT molecular complexity index is 549. The van der Waals surface area contributed by atoms with Gasteiger partial charge in [0.2, 0.25) is 0 Å². The van der Waals surface area contributed by atoms with Gasteiger partial charge in [0.05, 0.1) is 0 Å². The van der Waals surface area contributed by atoms with Crippen LogP contribution in [0.25, 0.3) is 0 Å². The summed E-state index contributed by atoms with van der Waals surface area (Å²) in [6.07, 6.45) is 0. The molecule has 0 bridgehead atoms. The van der Waals surface area contributed by atoms with E-state index in [9.17, 15) is 9.90 Å². The molecule has 0 saturated heterocycles. The lowest BCUT2D eigenvalue weighted by molar-refractivity contribution is 0.0993. The summed E-state index contributed by atoms with van der Waals surface area (Å²) in [5, 5.41) is 9.22. The van der Waals surface area contributed by atoms with Crippen molar-refractivity contribution in [2.45, 2.75) is 0 Å². The zero-order valence-electron chi connectivity index (χ0n) is 9.80. The van der Waals surface area contributed by atoms with Gasteiger partial charge in [0.15, 0.2) is 0 Å². The molecule has 2 aromatic carbocycles. The molecular formula is C14H12BrNO2. The van der Waals surface area contributed by atoms with Crippen LogP contribution in [-0.2, 0) is 0 Å². The maximum atomic E-state index is 12.2. The summed E-state index contributed by atoms with van der Waals surface area (Å²) in [5.41, 5.74) is 1.36. The van der Waals surface area contributed by atoms with Gasteiger partial charge in [-0.25, -0.2) is 0 Å². The van der Waals surface area contributed by atoms with Gasteiger partial charge in [-0.3, -0.25) is 4.79 Å². The maximum absolute atomic E-state index is 12.2. The van der Waals surface area contributed by atoms with E-state index in [2.05, 4.69) is 15.9 Å². The Morgan fingerprint density at radius 1 is 1.06 bits per heavy atom. The first-order valence-corrected chi connectivity index (χ1v) is 6.20. The number of halogens is 1. The smallest absolute Gasteiger partial charge is 0.258 e. The van der Waals surface area contributed by atoms with Crippen LogP contribution in [0.15, 0.2) is 53.0 Å². The zero-order valence-corrected chi connectivity index (χ0v) is 11.4. The highest BCUT2D eigenvalue weighted by Gasteiger charge is 2.12. The number of amides is 1. The molecule has 0 aromatic heterocycles. The Balaban J connectivity index is 2.23. The van der Waals surface area contributed by atoms with Crippen LogP contribution in [0, 0.1) is 0 Å². The molecule has 0 radical (unpaired) electrons. The second kappa shape index (κ2) is 5.23. The third kappa shape index (κ3) is 2.71. The maximum Gasteiger partial charge on any atom is 0.258 e. The molecule has 0 fully saturated rings. The first kappa shape index (κ1) is 12.6. The molecule has 0 heterocycles.